The molecule has 2 aromatic heterocycles. The van der Waals surface area contributed by atoms with Gasteiger partial charge in [0.05, 0.1) is 12.3 Å². The highest BCUT2D eigenvalue weighted by atomic mass is 19.1. The van der Waals surface area contributed by atoms with Gasteiger partial charge in [-0.15, -0.1) is 0 Å². The molecule has 0 aliphatic heterocycles. The molecule has 0 spiro atoms. The van der Waals surface area contributed by atoms with E-state index in [1.165, 1.54) is 6.20 Å². The van der Waals surface area contributed by atoms with Crippen LogP contribution in [0, 0.1) is 17.5 Å². The number of halogens is 3. The summed E-state index contributed by atoms with van der Waals surface area (Å²) in [4.78, 5) is 24.9. The number of carbonyl (C=O) groups is 1. The lowest BCUT2D eigenvalue weighted by atomic mass is 10.1. The summed E-state index contributed by atoms with van der Waals surface area (Å²) in [5, 5.41) is 15.7. The van der Waals surface area contributed by atoms with E-state index >= 15 is 0 Å². The van der Waals surface area contributed by atoms with E-state index < -0.39 is 29.0 Å². The second-order valence-corrected chi connectivity index (χ2v) is 8.83. The van der Waals surface area contributed by atoms with Crippen LogP contribution in [-0.2, 0) is 4.79 Å². The lowest BCUT2D eigenvalue weighted by molar-refractivity contribution is -0.118. The van der Waals surface area contributed by atoms with Crippen LogP contribution in [0.2, 0.25) is 0 Å². The van der Waals surface area contributed by atoms with Crippen LogP contribution < -0.4 is 16.4 Å². The number of aliphatic hydroxyl groups excluding tert-OH is 1. The van der Waals surface area contributed by atoms with E-state index in [9.17, 15) is 23.1 Å². The number of amides is 1. The molecule has 12 heteroatoms. The largest absolute Gasteiger partial charge is 0.393 e. The Hall–Kier alpha value is -3.41. The average molecular weight is 492 g/mol. The molecule has 1 aliphatic carbocycles. The fourth-order valence-electron chi connectivity index (χ4n) is 4.48. The number of nitrogens with two attached hydrogens (primary N) is 1. The van der Waals surface area contributed by atoms with Crippen molar-refractivity contribution in [2.24, 2.45) is 5.73 Å². The van der Waals surface area contributed by atoms with Gasteiger partial charge in [-0.25, -0.2) is 23.1 Å². The Balaban J connectivity index is 1.78. The van der Waals surface area contributed by atoms with Gasteiger partial charge in [-0.1, -0.05) is 13.3 Å². The average Bonchev–Trinajstić information content (AvgIpc) is 3.36. The molecular formula is C23H28F3N7O2. The third-order valence-electron chi connectivity index (χ3n) is 6.13. The predicted molar refractivity (Wildman–Crippen MR) is 125 cm³/mol. The fourth-order valence-corrected chi connectivity index (χ4v) is 4.48. The first-order valence-corrected chi connectivity index (χ1v) is 11.6. The number of carbonyl (C=O) groups excluding carboxylic acids is 1. The molecular weight excluding hydrogens is 463 g/mol. The summed E-state index contributed by atoms with van der Waals surface area (Å²) in [7, 11) is 0. The number of benzene rings is 1. The van der Waals surface area contributed by atoms with Gasteiger partial charge in [0.25, 0.3) is 0 Å². The molecule has 0 radical (unpaired) electrons. The minimum Gasteiger partial charge on any atom is -0.393 e. The molecule has 9 nitrogen and oxygen atoms in total. The molecule has 1 saturated carbocycles. The lowest BCUT2D eigenvalue weighted by Gasteiger charge is -2.21. The lowest BCUT2D eigenvalue weighted by Crippen LogP contribution is -2.19. The van der Waals surface area contributed by atoms with Crippen LogP contribution in [-0.4, -0.2) is 42.7 Å². The molecule has 0 bridgehead atoms. The first-order chi connectivity index (χ1) is 16.7. The molecule has 0 saturated heterocycles. The highest BCUT2D eigenvalue weighted by Crippen LogP contribution is 2.33. The van der Waals surface area contributed by atoms with Crippen molar-refractivity contribution in [3.8, 4) is 0 Å². The maximum Gasteiger partial charge on any atom is 0.224 e. The smallest absolute Gasteiger partial charge is 0.224 e. The Bertz CT molecular complexity index is 1200. The molecule has 35 heavy (non-hydrogen) atoms. The summed E-state index contributed by atoms with van der Waals surface area (Å²) < 4.78 is 43.9. The van der Waals surface area contributed by atoms with E-state index in [1.54, 1.807) is 4.57 Å². The van der Waals surface area contributed by atoms with Crippen LogP contribution in [0.3, 0.4) is 0 Å². The van der Waals surface area contributed by atoms with Crippen molar-refractivity contribution in [1.82, 2.24) is 19.5 Å². The monoisotopic (exact) mass is 491 g/mol. The van der Waals surface area contributed by atoms with Crippen molar-refractivity contribution in [3.63, 3.8) is 0 Å². The van der Waals surface area contributed by atoms with Crippen molar-refractivity contribution in [2.45, 2.75) is 70.1 Å². The van der Waals surface area contributed by atoms with Gasteiger partial charge in [0.1, 0.15) is 17.0 Å². The van der Waals surface area contributed by atoms with Crippen LogP contribution in [0.15, 0.2) is 18.3 Å². The molecule has 1 amide bonds. The molecule has 3 aromatic rings. The third-order valence-corrected chi connectivity index (χ3v) is 6.13. The summed E-state index contributed by atoms with van der Waals surface area (Å²) in [6.45, 7) is 1.97. The SMILES string of the molecule is CCC[C@H](CCC(N)=O)n1c(Nc2c(F)cc(F)cc2F)nc2cnc(N[C@@H]3CC[C@@H](O)C3)nc21. The maximum atomic E-state index is 14.4. The highest BCUT2D eigenvalue weighted by molar-refractivity contribution is 5.77. The zero-order valence-electron chi connectivity index (χ0n) is 19.3. The number of aromatic nitrogens is 4. The van der Waals surface area contributed by atoms with Gasteiger partial charge in [0, 0.05) is 30.6 Å². The van der Waals surface area contributed by atoms with E-state index in [0.717, 1.165) is 12.8 Å². The van der Waals surface area contributed by atoms with Gasteiger partial charge >= 0.3 is 0 Å². The Morgan fingerprint density at radius 3 is 2.60 bits per heavy atom. The highest BCUT2D eigenvalue weighted by Gasteiger charge is 2.26. The number of nitrogens with one attached hydrogen (secondary N) is 2. The summed E-state index contributed by atoms with van der Waals surface area (Å²) in [5.74, 6) is -3.33. The van der Waals surface area contributed by atoms with Crippen LogP contribution >= 0.6 is 0 Å². The first-order valence-electron chi connectivity index (χ1n) is 11.6. The van der Waals surface area contributed by atoms with Crippen LogP contribution in [0.5, 0.6) is 0 Å². The zero-order chi connectivity index (χ0) is 25.1. The minimum absolute atomic E-state index is 0.0140. The first kappa shape index (κ1) is 24.7. The number of nitrogens with zero attached hydrogens (tertiary/aromatic N) is 4. The van der Waals surface area contributed by atoms with E-state index in [4.69, 9.17) is 5.73 Å². The van der Waals surface area contributed by atoms with Crippen molar-refractivity contribution in [3.05, 3.63) is 35.8 Å². The van der Waals surface area contributed by atoms with Crippen molar-refractivity contribution < 1.29 is 23.1 Å². The number of hydrogen-bond acceptors (Lipinski definition) is 7. The Morgan fingerprint density at radius 1 is 1.23 bits per heavy atom. The number of aliphatic hydroxyl groups is 1. The molecule has 1 aromatic carbocycles. The molecule has 1 fully saturated rings. The van der Waals surface area contributed by atoms with Gasteiger partial charge in [0.15, 0.2) is 17.3 Å². The molecule has 2 heterocycles. The Labute approximate surface area is 200 Å². The third kappa shape index (κ3) is 5.64. The van der Waals surface area contributed by atoms with Gasteiger partial charge in [-0.3, -0.25) is 9.36 Å². The minimum atomic E-state index is -1.11. The molecule has 3 atom stereocenters. The number of hydrogen-bond donors (Lipinski definition) is 4. The summed E-state index contributed by atoms with van der Waals surface area (Å²) in [5.41, 5.74) is 5.58. The molecule has 5 N–H and O–H groups in total. The quantitative estimate of drug-likeness (QED) is 0.338. The molecule has 4 rings (SSSR count). The van der Waals surface area contributed by atoms with Gasteiger partial charge in [0.2, 0.25) is 17.8 Å². The second kappa shape index (κ2) is 10.5. The second-order valence-electron chi connectivity index (χ2n) is 8.83. The number of rotatable bonds is 10. The van der Waals surface area contributed by atoms with Crippen molar-refractivity contribution >= 4 is 34.7 Å². The fraction of sp³-hybridized carbons (Fsp3) is 0.478. The number of fused-ring (bicyclic) bond motifs is 1. The molecule has 188 valence electrons. The zero-order valence-corrected chi connectivity index (χ0v) is 19.3. The van der Waals surface area contributed by atoms with E-state index in [2.05, 4.69) is 25.6 Å². The molecule has 0 unspecified atom stereocenters. The van der Waals surface area contributed by atoms with Crippen molar-refractivity contribution in [2.75, 3.05) is 10.6 Å². The number of anilines is 3. The standard InChI is InChI=1S/C23H28F3N7O2/c1-2-3-14(5-7-19(27)35)33-21-18(11-28-22(32-21)29-13-4-6-15(34)10-13)30-23(33)31-20-16(25)8-12(24)9-17(20)26/h8-9,11,13-15,34H,2-7,10H2,1H3,(H2,27,35)(H,30,31)(H,28,29,32)/t13-,14-,15-/m1/s1. The summed E-state index contributed by atoms with van der Waals surface area (Å²) in [6, 6.07) is 0.850. The molecule has 1 aliphatic rings. The topological polar surface area (TPSA) is 131 Å². The summed E-state index contributed by atoms with van der Waals surface area (Å²) >= 11 is 0. The van der Waals surface area contributed by atoms with Crippen LogP contribution in [0.1, 0.15) is 57.9 Å². The van der Waals surface area contributed by atoms with E-state index in [1.807, 2.05) is 6.92 Å². The van der Waals surface area contributed by atoms with Crippen molar-refractivity contribution in [1.29, 1.82) is 0 Å². The Kier molecular flexibility index (Phi) is 7.39. The number of imidazole rings is 1. The van der Waals surface area contributed by atoms with E-state index in [0.29, 0.717) is 54.9 Å². The van der Waals surface area contributed by atoms with Gasteiger partial charge < -0.3 is 21.5 Å². The summed E-state index contributed by atoms with van der Waals surface area (Å²) in [6.07, 6.45) is 4.97. The van der Waals surface area contributed by atoms with Crippen LogP contribution in [0.25, 0.3) is 11.2 Å². The maximum absolute atomic E-state index is 14.4. The number of primary amides is 1. The Morgan fingerprint density at radius 2 is 1.97 bits per heavy atom. The normalized spacial score (nSPS) is 18.7. The van der Waals surface area contributed by atoms with Gasteiger partial charge in [-0.2, -0.15) is 4.98 Å². The predicted octanol–water partition coefficient (Wildman–Crippen LogP) is 3.92. The van der Waals surface area contributed by atoms with Crippen LogP contribution in [0.4, 0.5) is 30.8 Å². The van der Waals surface area contributed by atoms with E-state index in [-0.39, 0.29) is 30.6 Å². The van der Waals surface area contributed by atoms with Gasteiger partial charge in [-0.05, 0) is 32.1 Å².